The third-order valence-corrected chi connectivity index (χ3v) is 4.72. The van der Waals surface area contributed by atoms with Crippen molar-refractivity contribution in [2.24, 2.45) is 0 Å². The second-order valence-electron chi connectivity index (χ2n) is 6.84. The number of aryl methyl sites for hydroxylation is 1. The van der Waals surface area contributed by atoms with Crippen LogP contribution in [0.15, 0.2) is 89.9 Å². The third-order valence-electron chi connectivity index (χ3n) is 4.72. The average molecular weight is 399 g/mol. The Morgan fingerprint density at radius 1 is 0.967 bits per heavy atom. The lowest BCUT2D eigenvalue weighted by Gasteiger charge is -2.13. The number of nitrogens with one attached hydrogen (secondary N) is 2. The van der Waals surface area contributed by atoms with Gasteiger partial charge in [-0.05, 0) is 48.9 Å². The summed E-state index contributed by atoms with van der Waals surface area (Å²) in [7, 11) is 0. The SMILES string of the molecule is Cc1c[nH]c(=O)n1-c1ccccc1NC(=O)c1ccc(COc2ccccc2)cc1. The molecule has 0 unspecified atom stereocenters. The van der Waals surface area contributed by atoms with Crippen LogP contribution in [0.3, 0.4) is 0 Å². The van der Waals surface area contributed by atoms with E-state index in [1.807, 2.05) is 61.5 Å². The number of benzene rings is 3. The molecule has 0 bridgehead atoms. The number of amides is 1. The molecule has 6 nitrogen and oxygen atoms in total. The Balaban J connectivity index is 1.48. The average Bonchev–Trinajstić information content (AvgIpc) is 3.11. The fraction of sp³-hybridized carbons (Fsp3) is 0.0833. The number of ether oxygens (including phenoxy) is 1. The summed E-state index contributed by atoms with van der Waals surface area (Å²) in [5, 5.41) is 2.90. The first-order chi connectivity index (χ1) is 14.6. The van der Waals surface area contributed by atoms with Gasteiger partial charge in [-0.25, -0.2) is 4.79 Å². The number of anilines is 1. The summed E-state index contributed by atoms with van der Waals surface area (Å²) >= 11 is 0. The van der Waals surface area contributed by atoms with Crippen LogP contribution in [0.25, 0.3) is 5.69 Å². The predicted molar refractivity (Wildman–Crippen MR) is 116 cm³/mol. The number of aromatic nitrogens is 2. The van der Waals surface area contributed by atoms with Crippen molar-refractivity contribution in [1.29, 1.82) is 0 Å². The molecule has 6 heteroatoms. The summed E-state index contributed by atoms with van der Waals surface area (Å²) in [5.74, 6) is 0.547. The van der Waals surface area contributed by atoms with E-state index in [9.17, 15) is 9.59 Å². The van der Waals surface area contributed by atoms with Crippen LogP contribution in [-0.2, 0) is 6.61 Å². The van der Waals surface area contributed by atoms with Gasteiger partial charge in [0, 0.05) is 17.5 Å². The predicted octanol–water partition coefficient (Wildman–Crippen LogP) is 4.31. The Labute approximate surface area is 173 Å². The second kappa shape index (κ2) is 8.53. The zero-order valence-electron chi connectivity index (χ0n) is 16.5. The topological polar surface area (TPSA) is 76.1 Å². The van der Waals surface area contributed by atoms with Gasteiger partial charge in [0.15, 0.2) is 0 Å². The Kier molecular flexibility index (Phi) is 5.48. The minimum atomic E-state index is -0.253. The molecule has 0 saturated carbocycles. The van der Waals surface area contributed by atoms with Crippen molar-refractivity contribution >= 4 is 11.6 Å². The van der Waals surface area contributed by atoms with E-state index in [4.69, 9.17) is 4.74 Å². The van der Waals surface area contributed by atoms with E-state index in [1.54, 1.807) is 30.5 Å². The molecule has 1 aromatic heterocycles. The van der Waals surface area contributed by atoms with E-state index in [1.165, 1.54) is 4.57 Å². The van der Waals surface area contributed by atoms with Crippen molar-refractivity contribution < 1.29 is 9.53 Å². The summed E-state index contributed by atoms with van der Waals surface area (Å²) in [5.41, 5.74) is 3.16. The summed E-state index contributed by atoms with van der Waals surface area (Å²) in [6.07, 6.45) is 1.64. The van der Waals surface area contributed by atoms with Crippen molar-refractivity contribution in [2.75, 3.05) is 5.32 Å². The lowest BCUT2D eigenvalue weighted by molar-refractivity contribution is 0.102. The highest BCUT2D eigenvalue weighted by molar-refractivity contribution is 6.05. The molecule has 2 N–H and O–H groups in total. The van der Waals surface area contributed by atoms with Gasteiger partial charge in [0.1, 0.15) is 12.4 Å². The molecule has 0 saturated heterocycles. The summed E-state index contributed by atoms with van der Waals surface area (Å²) in [6.45, 7) is 2.25. The number of H-pyrrole nitrogens is 1. The van der Waals surface area contributed by atoms with E-state index in [-0.39, 0.29) is 11.6 Å². The minimum Gasteiger partial charge on any atom is -0.489 e. The molecule has 0 fully saturated rings. The molecule has 0 aliphatic carbocycles. The summed E-state index contributed by atoms with van der Waals surface area (Å²) in [6, 6.07) is 24.0. The minimum absolute atomic E-state index is 0.251. The van der Waals surface area contributed by atoms with Crippen molar-refractivity contribution in [3.05, 3.63) is 112 Å². The zero-order valence-corrected chi connectivity index (χ0v) is 16.5. The molecule has 0 spiro atoms. The Hall–Kier alpha value is -4.06. The van der Waals surface area contributed by atoms with E-state index < -0.39 is 0 Å². The number of carbonyl (C=O) groups is 1. The maximum atomic E-state index is 12.8. The van der Waals surface area contributed by atoms with Gasteiger partial charge >= 0.3 is 5.69 Å². The van der Waals surface area contributed by atoms with Crippen LogP contribution in [0, 0.1) is 6.92 Å². The molecule has 0 aliphatic rings. The molecule has 1 amide bonds. The van der Waals surface area contributed by atoms with Crippen LogP contribution < -0.4 is 15.7 Å². The fourth-order valence-corrected chi connectivity index (χ4v) is 3.16. The van der Waals surface area contributed by atoms with E-state index in [2.05, 4.69) is 10.3 Å². The van der Waals surface area contributed by atoms with Crippen LogP contribution in [0.5, 0.6) is 5.75 Å². The molecular formula is C24H21N3O3. The number of nitrogens with zero attached hydrogens (tertiary/aromatic N) is 1. The lowest BCUT2D eigenvalue weighted by atomic mass is 10.1. The molecule has 4 aromatic rings. The largest absolute Gasteiger partial charge is 0.489 e. The number of para-hydroxylation sites is 3. The maximum Gasteiger partial charge on any atom is 0.330 e. The standard InChI is InChI=1S/C24H21N3O3/c1-17-15-25-24(29)27(17)22-10-6-5-9-21(22)26-23(28)19-13-11-18(12-14-19)16-30-20-7-3-2-4-8-20/h2-15H,16H2,1H3,(H,25,29)(H,26,28). The number of aromatic amines is 1. The number of rotatable bonds is 6. The zero-order chi connectivity index (χ0) is 20.9. The molecule has 0 radical (unpaired) electrons. The van der Waals surface area contributed by atoms with E-state index in [0.717, 1.165) is 17.0 Å². The number of imidazole rings is 1. The van der Waals surface area contributed by atoms with Gasteiger partial charge in [0.25, 0.3) is 5.91 Å². The number of hydrogen-bond acceptors (Lipinski definition) is 3. The normalized spacial score (nSPS) is 10.6. The molecule has 1 heterocycles. The Morgan fingerprint density at radius 2 is 1.67 bits per heavy atom. The molecular weight excluding hydrogens is 378 g/mol. The van der Waals surface area contributed by atoms with Crippen molar-refractivity contribution in [3.63, 3.8) is 0 Å². The van der Waals surface area contributed by atoms with Gasteiger partial charge in [-0.3, -0.25) is 9.36 Å². The van der Waals surface area contributed by atoms with Crippen molar-refractivity contribution in [1.82, 2.24) is 9.55 Å². The highest BCUT2D eigenvalue weighted by Crippen LogP contribution is 2.21. The van der Waals surface area contributed by atoms with Gasteiger partial charge < -0.3 is 15.0 Å². The fourth-order valence-electron chi connectivity index (χ4n) is 3.16. The smallest absolute Gasteiger partial charge is 0.330 e. The van der Waals surface area contributed by atoms with Crippen molar-refractivity contribution in [3.8, 4) is 11.4 Å². The van der Waals surface area contributed by atoms with Crippen molar-refractivity contribution in [2.45, 2.75) is 13.5 Å². The highest BCUT2D eigenvalue weighted by Gasteiger charge is 2.13. The first-order valence-electron chi connectivity index (χ1n) is 9.56. The van der Waals surface area contributed by atoms with Gasteiger partial charge in [-0.1, -0.05) is 42.5 Å². The van der Waals surface area contributed by atoms with Crippen LogP contribution in [-0.4, -0.2) is 15.5 Å². The lowest BCUT2D eigenvalue weighted by Crippen LogP contribution is -2.19. The van der Waals surface area contributed by atoms with Gasteiger partial charge in [0.2, 0.25) is 0 Å². The first-order valence-corrected chi connectivity index (χ1v) is 9.56. The van der Waals surface area contributed by atoms with Gasteiger partial charge in [0.05, 0.1) is 11.4 Å². The summed E-state index contributed by atoms with van der Waals surface area (Å²) in [4.78, 5) is 27.6. The number of carbonyl (C=O) groups excluding carboxylic acids is 1. The highest BCUT2D eigenvalue weighted by atomic mass is 16.5. The molecule has 4 rings (SSSR count). The molecule has 0 aliphatic heterocycles. The second-order valence-corrected chi connectivity index (χ2v) is 6.84. The first kappa shape index (κ1) is 19.3. The monoisotopic (exact) mass is 399 g/mol. The molecule has 150 valence electrons. The van der Waals surface area contributed by atoms with E-state index >= 15 is 0 Å². The Morgan fingerprint density at radius 3 is 2.37 bits per heavy atom. The third kappa shape index (κ3) is 4.17. The molecule has 3 aromatic carbocycles. The van der Waals surface area contributed by atoms with Gasteiger partial charge in [-0.15, -0.1) is 0 Å². The van der Waals surface area contributed by atoms with Crippen LogP contribution in [0.1, 0.15) is 21.6 Å². The van der Waals surface area contributed by atoms with Crippen LogP contribution >= 0.6 is 0 Å². The Bertz CT molecular complexity index is 1210. The molecule has 30 heavy (non-hydrogen) atoms. The quantitative estimate of drug-likeness (QED) is 0.507. The maximum absolute atomic E-state index is 12.8. The summed E-state index contributed by atoms with van der Waals surface area (Å²) < 4.78 is 7.26. The van der Waals surface area contributed by atoms with Crippen LogP contribution in [0.4, 0.5) is 5.69 Å². The number of hydrogen-bond donors (Lipinski definition) is 2. The van der Waals surface area contributed by atoms with E-state index in [0.29, 0.717) is 23.5 Å². The molecule has 0 atom stereocenters. The van der Waals surface area contributed by atoms with Crippen LogP contribution in [0.2, 0.25) is 0 Å². The van der Waals surface area contributed by atoms with Gasteiger partial charge in [-0.2, -0.15) is 0 Å².